The molecule has 3 rings (SSSR count). The molecule has 0 aliphatic carbocycles. The number of pyridine rings is 1. The molecular weight excluding hydrogens is 330 g/mol. The van der Waals surface area contributed by atoms with Gasteiger partial charge in [-0.15, -0.1) is 0 Å². The monoisotopic (exact) mass is 347 g/mol. The normalized spacial score (nSPS) is 14.4. The Labute approximate surface area is 132 Å². The van der Waals surface area contributed by atoms with E-state index in [9.17, 15) is 5.11 Å². The number of rotatable bonds is 4. The molecule has 0 atom stereocenters. The summed E-state index contributed by atoms with van der Waals surface area (Å²) in [6.45, 7) is 2.77. The summed E-state index contributed by atoms with van der Waals surface area (Å²) in [5.74, 6) is 1.33. The highest BCUT2D eigenvalue weighted by atomic mass is 79.9. The standard InChI is InChI=1S/C16H18BrN3O/c17-14-5-3-4-12(16(14)21)10-18-13-6-7-15(19-11-13)20-8-1-2-9-20/h3-7,11,18,21H,1-2,8-10H2. The summed E-state index contributed by atoms with van der Waals surface area (Å²) in [6.07, 6.45) is 4.36. The SMILES string of the molecule is Oc1c(Br)cccc1CNc1ccc(N2CCCC2)nc1. The number of phenols is 1. The lowest BCUT2D eigenvalue weighted by molar-refractivity contribution is 0.465. The maximum atomic E-state index is 9.95. The topological polar surface area (TPSA) is 48.4 Å². The lowest BCUT2D eigenvalue weighted by atomic mass is 10.2. The molecule has 1 aromatic carbocycles. The van der Waals surface area contributed by atoms with Crippen molar-refractivity contribution in [2.75, 3.05) is 23.3 Å². The van der Waals surface area contributed by atoms with Crippen molar-refractivity contribution in [1.82, 2.24) is 4.98 Å². The van der Waals surface area contributed by atoms with E-state index < -0.39 is 0 Å². The van der Waals surface area contributed by atoms with Gasteiger partial charge in [0.25, 0.3) is 0 Å². The van der Waals surface area contributed by atoms with Gasteiger partial charge in [0.2, 0.25) is 0 Å². The average molecular weight is 348 g/mol. The van der Waals surface area contributed by atoms with Crippen LogP contribution in [-0.2, 0) is 6.54 Å². The molecule has 1 fully saturated rings. The van der Waals surface area contributed by atoms with E-state index in [0.29, 0.717) is 11.0 Å². The summed E-state index contributed by atoms with van der Waals surface area (Å²) in [6, 6.07) is 9.73. The van der Waals surface area contributed by atoms with Gasteiger partial charge in [-0.2, -0.15) is 0 Å². The predicted molar refractivity (Wildman–Crippen MR) is 88.8 cm³/mol. The van der Waals surface area contributed by atoms with Gasteiger partial charge in [0, 0.05) is 25.2 Å². The Morgan fingerprint density at radius 2 is 2.00 bits per heavy atom. The molecule has 4 nitrogen and oxygen atoms in total. The van der Waals surface area contributed by atoms with Gasteiger partial charge in [-0.05, 0) is 47.0 Å². The highest BCUT2D eigenvalue weighted by Crippen LogP contribution is 2.28. The molecule has 0 bridgehead atoms. The number of anilines is 2. The number of nitrogens with zero attached hydrogens (tertiary/aromatic N) is 2. The van der Waals surface area contributed by atoms with Gasteiger partial charge in [0.15, 0.2) is 0 Å². The Morgan fingerprint density at radius 1 is 1.19 bits per heavy atom. The number of benzene rings is 1. The summed E-state index contributed by atoms with van der Waals surface area (Å²) in [4.78, 5) is 6.81. The van der Waals surface area contributed by atoms with Crippen molar-refractivity contribution in [2.24, 2.45) is 0 Å². The van der Waals surface area contributed by atoms with Gasteiger partial charge in [-0.1, -0.05) is 12.1 Å². The molecule has 0 saturated carbocycles. The Hall–Kier alpha value is -1.75. The molecule has 0 radical (unpaired) electrons. The molecule has 21 heavy (non-hydrogen) atoms. The lowest BCUT2D eigenvalue weighted by Gasteiger charge is -2.16. The van der Waals surface area contributed by atoms with Crippen molar-refractivity contribution in [3.63, 3.8) is 0 Å². The van der Waals surface area contributed by atoms with E-state index in [-0.39, 0.29) is 5.75 Å². The first-order valence-corrected chi connectivity index (χ1v) is 7.94. The number of hydrogen-bond acceptors (Lipinski definition) is 4. The summed E-state index contributed by atoms with van der Waals surface area (Å²) in [7, 11) is 0. The second-order valence-corrected chi connectivity index (χ2v) is 6.05. The molecule has 0 amide bonds. The number of aromatic hydroxyl groups is 1. The third-order valence-electron chi connectivity index (χ3n) is 3.73. The van der Waals surface area contributed by atoms with Crippen molar-refractivity contribution >= 4 is 27.4 Å². The lowest BCUT2D eigenvalue weighted by Crippen LogP contribution is -2.18. The van der Waals surface area contributed by atoms with Gasteiger partial charge < -0.3 is 15.3 Å². The quantitative estimate of drug-likeness (QED) is 0.883. The number of phenolic OH excluding ortho intramolecular Hbond substituents is 1. The van der Waals surface area contributed by atoms with Crippen molar-refractivity contribution in [3.05, 3.63) is 46.6 Å². The van der Waals surface area contributed by atoms with E-state index >= 15 is 0 Å². The van der Waals surface area contributed by atoms with Crippen molar-refractivity contribution < 1.29 is 5.11 Å². The van der Waals surface area contributed by atoms with Crippen LogP contribution in [0.5, 0.6) is 5.75 Å². The number of hydrogen-bond donors (Lipinski definition) is 2. The molecule has 1 aliphatic rings. The van der Waals surface area contributed by atoms with Crippen LogP contribution in [0.15, 0.2) is 41.0 Å². The highest BCUT2D eigenvalue weighted by molar-refractivity contribution is 9.10. The van der Waals surface area contributed by atoms with E-state index in [1.807, 2.05) is 30.5 Å². The van der Waals surface area contributed by atoms with Crippen LogP contribution < -0.4 is 10.2 Å². The molecule has 110 valence electrons. The smallest absolute Gasteiger partial charge is 0.134 e. The Balaban J connectivity index is 1.64. The van der Waals surface area contributed by atoms with Crippen molar-refractivity contribution in [3.8, 4) is 5.75 Å². The largest absolute Gasteiger partial charge is 0.506 e. The molecule has 2 aromatic rings. The van der Waals surface area contributed by atoms with Crippen LogP contribution in [-0.4, -0.2) is 23.2 Å². The van der Waals surface area contributed by atoms with Crippen LogP contribution in [0.2, 0.25) is 0 Å². The first-order chi connectivity index (χ1) is 10.2. The van der Waals surface area contributed by atoms with Crippen LogP contribution >= 0.6 is 15.9 Å². The zero-order valence-corrected chi connectivity index (χ0v) is 13.3. The summed E-state index contributed by atoms with van der Waals surface area (Å²) in [5, 5.41) is 13.2. The molecule has 0 unspecified atom stereocenters. The van der Waals surface area contributed by atoms with Gasteiger partial charge in [-0.25, -0.2) is 4.98 Å². The molecule has 1 saturated heterocycles. The first-order valence-electron chi connectivity index (χ1n) is 7.15. The molecule has 1 aromatic heterocycles. The Kier molecular flexibility index (Phi) is 4.29. The average Bonchev–Trinajstić information content (AvgIpc) is 3.04. The van der Waals surface area contributed by atoms with Gasteiger partial charge in [-0.3, -0.25) is 0 Å². The molecule has 2 N–H and O–H groups in total. The zero-order valence-electron chi connectivity index (χ0n) is 11.7. The molecule has 5 heteroatoms. The number of halogens is 1. The second kappa shape index (κ2) is 6.35. The third kappa shape index (κ3) is 3.29. The van der Waals surface area contributed by atoms with E-state index in [0.717, 1.165) is 30.2 Å². The van der Waals surface area contributed by atoms with E-state index in [1.165, 1.54) is 12.8 Å². The summed E-state index contributed by atoms with van der Waals surface area (Å²) in [5.41, 5.74) is 1.81. The first kappa shape index (κ1) is 14.2. The number of aromatic nitrogens is 1. The van der Waals surface area contributed by atoms with Crippen molar-refractivity contribution in [1.29, 1.82) is 0 Å². The van der Waals surface area contributed by atoms with Gasteiger partial charge >= 0.3 is 0 Å². The Morgan fingerprint density at radius 3 is 2.71 bits per heavy atom. The number of nitrogens with one attached hydrogen (secondary N) is 1. The second-order valence-electron chi connectivity index (χ2n) is 5.20. The van der Waals surface area contributed by atoms with E-state index in [4.69, 9.17) is 0 Å². The van der Waals surface area contributed by atoms with Crippen LogP contribution in [0.3, 0.4) is 0 Å². The zero-order chi connectivity index (χ0) is 14.7. The minimum atomic E-state index is 0.284. The van der Waals surface area contributed by atoms with Crippen LogP contribution in [0.25, 0.3) is 0 Å². The third-order valence-corrected chi connectivity index (χ3v) is 4.37. The fraction of sp³-hybridized carbons (Fsp3) is 0.312. The maximum Gasteiger partial charge on any atom is 0.134 e. The fourth-order valence-corrected chi connectivity index (χ4v) is 2.93. The predicted octanol–water partition coefficient (Wildman–Crippen LogP) is 3.76. The minimum Gasteiger partial charge on any atom is -0.506 e. The molecular formula is C16H18BrN3O. The number of para-hydroxylation sites is 1. The van der Waals surface area contributed by atoms with Crippen molar-refractivity contribution in [2.45, 2.75) is 19.4 Å². The van der Waals surface area contributed by atoms with Crippen LogP contribution in [0.1, 0.15) is 18.4 Å². The fourth-order valence-electron chi connectivity index (χ4n) is 2.52. The van der Waals surface area contributed by atoms with E-state index in [2.05, 4.69) is 37.2 Å². The summed E-state index contributed by atoms with van der Waals surface area (Å²) >= 11 is 3.32. The van der Waals surface area contributed by atoms with E-state index in [1.54, 1.807) is 0 Å². The molecule has 0 spiro atoms. The minimum absolute atomic E-state index is 0.284. The highest BCUT2D eigenvalue weighted by Gasteiger charge is 2.13. The van der Waals surface area contributed by atoms with Crippen LogP contribution in [0.4, 0.5) is 11.5 Å². The molecule has 2 heterocycles. The van der Waals surface area contributed by atoms with Crippen LogP contribution in [0, 0.1) is 0 Å². The van der Waals surface area contributed by atoms with Gasteiger partial charge in [0.1, 0.15) is 11.6 Å². The Bertz CT molecular complexity index is 609. The molecule has 1 aliphatic heterocycles. The maximum absolute atomic E-state index is 9.95. The van der Waals surface area contributed by atoms with Gasteiger partial charge in [0.05, 0.1) is 16.4 Å². The summed E-state index contributed by atoms with van der Waals surface area (Å²) < 4.78 is 0.712.